The molecule has 9 nitrogen and oxygen atoms in total. The van der Waals surface area contributed by atoms with Gasteiger partial charge in [0.1, 0.15) is 0 Å². The third-order valence-electron chi connectivity index (χ3n) is 5.34. The van der Waals surface area contributed by atoms with Crippen molar-refractivity contribution in [2.45, 2.75) is 26.8 Å². The molecule has 9 heteroatoms. The lowest BCUT2D eigenvalue weighted by Gasteiger charge is -2.26. The number of methoxy groups -OCH3 is 1. The Balaban J connectivity index is 1.61. The molecule has 0 atom stereocenters. The van der Waals surface area contributed by atoms with Gasteiger partial charge < -0.3 is 19.9 Å². The van der Waals surface area contributed by atoms with Crippen LogP contribution < -0.4 is 15.6 Å². The highest BCUT2D eigenvalue weighted by atomic mass is 16.5. The molecule has 0 aliphatic rings. The molecule has 0 spiro atoms. The number of hydrogen-bond donors (Lipinski definition) is 3. The molecule has 0 bridgehead atoms. The molecule has 0 saturated heterocycles. The predicted molar refractivity (Wildman–Crippen MR) is 138 cm³/mol. The largest absolute Gasteiger partial charge is 0.383 e. The van der Waals surface area contributed by atoms with E-state index in [0.29, 0.717) is 31.0 Å². The first-order chi connectivity index (χ1) is 16.5. The lowest BCUT2D eigenvalue weighted by Crippen LogP contribution is -2.35. The highest BCUT2D eigenvalue weighted by Crippen LogP contribution is 2.20. The number of ether oxygens (including phenoxy) is 1. The smallest absolute Gasteiger partial charge is 0.250 e. The SMILES string of the molecule is COCCN(c1nc(N/N=C/c2c[nH]c3ccccc23)nc(Nc2ccc(C)cc2)n1)C(C)C. The summed E-state index contributed by atoms with van der Waals surface area (Å²) >= 11 is 0. The zero-order chi connectivity index (χ0) is 23.9. The average Bonchev–Trinajstić information content (AvgIpc) is 3.24. The number of anilines is 4. The standard InChI is InChI=1S/C25H30N8O/c1-17(2)33(13-14-34-4)25-30-23(28-20-11-9-18(3)10-12-20)29-24(31-25)32-27-16-19-15-26-22-8-6-5-7-21(19)22/h5-12,15-17,26H,13-14H2,1-4H3,(H2,28,29,30,31,32)/b27-16+. The fourth-order valence-electron chi connectivity index (χ4n) is 3.50. The van der Waals surface area contributed by atoms with Crippen LogP contribution in [-0.2, 0) is 4.74 Å². The van der Waals surface area contributed by atoms with Gasteiger partial charge in [-0.25, -0.2) is 5.43 Å². The van der Waals surface area contributed by atoms with Crippen molar-refractivity contribution < 1.29 is 4.74 Å². The normalized spacial score (nSPS) is 11.4. The van der Waals surface area contributed by atoms with Gasteiger partial charge >= 0.3 is 0 Å². The molecule has 0 saturated carbocycles. The van der Waals surface area contributed by atoms with Crippen molar-refractivity contribution in [2.75, 3.05) is 35.9 Å². The van der Waals surface area contributed by atoms with Gasteiger partial charge in [0.25, 0.3) is 0 Å². The Morgan fingerprint density at radius 2 is 1.82 bits per heavy atom. The lowest BCUT2D eigenvalue weighted by molar-refractivity contribution is 0.203. The predicted octanol–water partition coefficient (Wildman–Crippen LogP) is 4.71. The number of fused-ring (bicyclic) bond motifs is 1. The van der Waals surface area contributed by atoms with E-state index in [9.17, 15) is 0 Å². The van der Waals surface area contributed by atoms with Gasteiger partial charge in [0.2, 0.25) is 17.8 Å². The van der Waals surface area contributed by atoms with Gasteiger partial charge in [-0.1, -0.05) is 35.9 Å². The molecule has 0 aliphatic heterocycles. The number of nitrogens with one attached hydrogen (secondary N) is 3. The molecular formula is C25H30N8O. The van der Waals surface area contributed by atoms with Crippen molar-refractivity contribution in [2.24, 2.45) is 5.10 Å². The van der Waals surface area contributed by atoms with Crippen LogP contribution in [0, 0.1) is 6.92 Å². The molecule has 0 fully saturated rings. The zero-order valence-electron chi connectivity index (χ0n) is 19.9. The Hall–Kier alpha value is -3.98. The maximum Gasteiger partial charge on any atom is 0.250 e. The van der Waals surface area contributed by atoms with Gasteiger partial charge in [0.05, 0.1) is 12.8 Å². The number of aromatic nitrogens is 4. The number of hydrazone groups is 1. The topological polar surface area (TPSA) is 103 Å². The monoisotopic (exact) mass is 458 g/mol. The van der Waals surface area contributed by atoms with Gasteiger partial charge in [-0.2, -0.15) is 20.1 Å². The molecule has 0 radical (unpaired) electrons. The Kier molecular flexibility index (Phi) is 7.34. The summed E-state index contributed by atoms with van der Waals surface area (Å²) in [6.45, 7) is 7.45. The van der Waals surface area contributed by atoms with Gasteiger partial charge in [-0.3, -0.25) is 0 Å². The molecule has 2 aromatic heterocycles. The van der Waals surface area contributed by atoms with E-state index in [1.807, 2.05) is 54.7 Å². The first kappa shape index (κ1) is 23.2. The second-order valence-electron chi connectivity index (χ2n) is 8.21. The van der Waals surface area contributed by atoms with Gasteiger partial charge in [-0.05, 0) is 39.0 Å². The molecule has 3 N–H and O–H groups in total. The van der Waals surface area contributed by atoms with Crippen molar-refractivity contribution in [1.29, 1.82) is 0 Å². The molecule has 4 rings (SSSR count). The van der Waals surface area contributed by atoms with Crippen molar-refractivity contribution in [1.82, 2.24) is 19.9 Å². The zero-order valence-corrected chi connectivity index (χ0v) is 19.9. The average molecular weight is 459 g/mol. The summed E-state index contributed by atoms with van der Waals surface area (Å²) in [7, 11) is 1.68. The van der Waals surface area contributed by atoms with Crippen LogP contribution in [-0.4, -0.2) is 52.5 Å². The van der Waals surface area contributed by atoms with E-state index in [1.165, 1.54) is 5.56 Å². The van der Waals surface area contributed by atoms with E-state index in [0.717, 1.165) is 22.2 Å². The number of H-pyrrole nitrogens is 1. The number of nitrogens with zero attached hydrogens (tertiary/aromatic N) is 5. The van der Waals surface area contributed by atoms with Gasteiger partial charge in [-0.15, -0.1) is 0 Å². The summed E-state index contributed by atoms with van der Waals surface area (Å²) in [4.78, 5) is 19.1. The molecule has 176 valence electrons. The molecule has 2 heterocycles. The molecule has 34 heavy (non-hydrogen) atoms. The molecule has 0 unspecified atom stereocenters. The first-order valence-corrected chi connectivity index (χ1v) is 11.2. The summed E-state index contributed by atoms with van der Waals surface area (Å²) in [5.41, 5.74) is 7.07. The number of hydrogen-bond acceptors (Lipinski definition) is 8. The minimum absolute atomic E-state index is 0.173. The molecule has 0 amide bonds. The van der Waals surface area contributed by atoms with E-state index in [4.69, 9.17) is 4.74 Å². The van der Waals surface area contributed by atoms with Crippen LogP contribution in [0.3, 0.4) is 0 Å². The third kappa shape index (κ3) is 5.68. The van der Waals surface area contributed by atoms with E-state index in [1.54, 1.807) is 13.3 Å². The van der Waals surface area contributed by atoms with Crippen LogP contribution in [0.4, 0.5) is 23.5 Å². The number of rotatable bonds is 10. The van der Waals surface area contributed by atoms with E-state index in [2.05, 4.69) is 61.5 Å². The fraction of sp³-hybridized carbons (Fsp3) is 0.280. The lowest BCUT2D eigenvalue weighted by atomic mass is 10.2. The number of benzene rings is 2. The quantitative estimate of drug-likeness (QED) is 0.233. The van der Waals surface area contributed by atoms with Crippen LogP contribution >= 0.6 is 0 Å². The Bertz CT molecular complexity index is 1250. The minimum atomic E-state index is 0.173. The number of aromatic amines is 1. The summed E-state index contributed by atoms with van der Waals surface area (Å²) in [5, 5.41) is 8.75. The van der Waals surface area contributed by atoms with Crippen molar-refractivity contribution in [3.05, 3.63) is 65.9 Å². The Morgan fingerprint density at radius 3 is 2.59 bits per heavy atom. The highest BCUT2D eigenvalue weighted by molar-refractivity contribution is 5.99. The Morgan fingerprint density at radius 1 is 1.06 bits per heavy atom. The highest BCUT2D eigenvalue weighted by Gasteiger charge is 2.17. The van der Waals surface area contributed by atoms with Crippen molar-refractivity contribution >= 4 is 40.6 Å². The summed E-state index contributed by atoms with van der Waals surface area (Å²) in [6.07, 6.45) is 3.67. The van der Waals surface area contributed by atoms with Crippen LogP contribution in [0.15, 0.2) is 59.8 Å². The second-order valence-corrected chi connectivity index (χ2v) is 8.21. The van der Waals surface area contributed by atoms with Crippen LogP contribution in [0.1, 0.15) is 25.0 Å². The summed E-state index contributed by atoms with van der Waals surface area (Å²) in [6, 6.07) is 16.3. The summed E-state index contributed by atoms with van der Waals surface area (Å²) < 4.78 is 5.28. The maximum atomic E-state index is 5.28. The maximum absolute atomic E-state index is 5.28. The first-order valence-electron chi connectivity index (χ1n) is 11.2. The van der Waals surface area contributed by atoms with Crippen LogP contribution in [0.2, 0.25) is 0 Å². The molecular weight excluding hydrogens is 428 g/mol. The fourth-order valence-corrected chi connectivity index (χ4v) is 3.50. The van der Waals surface area contributed by atoms with Crippen LogP contribution in [0.25, 0.3) is 10.9 Å². The number of aryl methyl sites for hydroxylation is 1. The van der Waals surface area contributed by atoms with Crippen molar-refractivity contribution in [3.8, 4) is 0 Å². The molecule has 2 aromatic carbocycles. The van der Waals surface area contributed by atoms with E-state index < -0.39 is 0 Å². The molecule has 4 aromatic rings. The van der Waals surface area contributed by atoms with Gasteiger partial charge in [0, 0.05) is 48.0 Å². The van der Waals surface area contributed by atoms with E-state index >= 15 is 0 Å². The Labute approximate surface area is 199 Å². The van der Waals surface area contributed by atoms with Crippen molar-refractivity contribution in [3.63, 3.8) is 0 Å². The minimum Gasteiger partial charge on any atom is -0.383 e. The molecule has 0 aliphatic carbocycles. The third-order valence-corrected chi connectivity index (χ3v) is 5.34. The van der Waals surface area contributed by atoms with Gasteiger partial charge in [0.15, 0.2) is 0 Å². The summed E-state index contributed by atoms with van der Waals surface area (Å²) in [5.74, 6) is 1.32. The van der Waals surface area contributed by atoms with E-state index in [-0.39, 0.29) is 6.04 Å². The van der Waals surface area contributed by atoms with Crippen LogP contribution in [0.5, 0.6) is 0 Å². The number of para-hydroxylation sites is 1. The second kappa shape index (κ2) is 10.8.